The predicted molar refractivity (Wildman–Crippen MR) is 113 cm³/mol. The third-order valence-electron chi connectivity index (χ3n) is 4.90. The average Bonchev–Trinajstić information content (AvgIpc) is 2.73. The van der Waals surface area contributed by atoms with Gasteiger partial charge in [0, 0.05) is 32.6 Å². The van der Waals surface area contributed by atoms with Crippen LogP contribution in [0.5, 0.6) is 11.5 Å². The highest BCUT2D eigenvalue weighted by Crippen LogP contribution is 2.26. The summed E-state index contributed by atoms with van der Waals surface area (Å²) in [5, 5.41) is 3.07. The second-order valence-corrected chi connectivity index (χ2v) is 6.98. The van der Waals surface area contributed by atoms with E-state index in [1.807, 2.05) is 42.5 Å². The van der Waals surface area contributed by atoms with Crippen molar-refractivity contribution in [3.8, 4) is 11.5 Å². The molecule has 28 heavy (non-hydrogen) atoms. The SMILES string of the molecule is COc1ccc(OCCCC(=O)Nc2ccccc2N2CCN(C)CC2)cc1. The van der Waals surface area contributed by atoms with E-state index in [-0.39, 0.29) is 5.91 Å². The lowest BCUT2D eigenvalue weighted by molar-refractivity contribution is -0.116. The van der Waals surface area contributed by atoms with Crippen LogP contribution in [0.3, 0.4) is 0 Å². The van der Waals surface area contributed by atoms with Gasteiger partial charge in [-0.2, -0.15) is 0 Å². The molecule has 0 unspecified atom stereocenters. The lowest BCUT2D eigenvalue weighted by atomic mass is 10.2. The lowest BCUT2D eigenvalue weighted by Crippen LogP contribution is -2.44. The van der Waals surface area contributed by atoms with Crippen LogP contribution in [0.1, 0.15) is 12.8 Å². The quantitative estimate of drug-likeness (QED) is 0.709. The van der Waals surface area contributed by atoms with Gasteiger partial charge in [-0.1, -0.05) is 12.1 Å². The molecular weight excluding hydrogens is 354 g/mol. The fourth-order valence-electron chi connectivity index (χ4n) is 3.21. The number of anilines is 2. The van der Waals surface area contributed by atoms with Gasteiger partial charge in [0.1, 0.15) is 11.5 Å². The van der Waals surface area contributed by atoms with Gasteiger partial charge in [-0.25, -0.2) is 0 Å². The minimum atomic E-state index is 0.0138. The normalized spacial score (nSPS) is 14.6. The van der Waals surface area contributed by atoms with Crippen molar-refractivity contribution in [3.63, 3.8) is 0 Å². The highest BCUT2D eigenvalue weighted by atomic mass is 16.5. The molecule has 1 fully saturated rings. The summed E-state index contributed by atoms with van der Waals surface area (Å²) < 4.78 is 10.8. The number of carbonyl (C=O) groups excluding carboxylic acids is 1. The Morgan fingerprint density at radius 3 is 2.39 bits per heavy atom. The molecule has 1 N–H and O–H groups in total. The third kappa shape index (κ3) is 5.63. The molecular formula is C22H29N3O3. The molecule has 1 amide bonds. The molecule has 2 aromatic rings. The summed E-state index contributed by atoms with van der Waals surface area (Å²) in [6.45, 7) is 4.51. The van der Waals surface area contributed by atoms with E-state index in [9.17, 15) is 4.79 Å². The number of methoxy groups -OCH3 is 1. The van der Waals surface area contributed by atoms with Crippen LogP contribution in [0.4, 0.5) is 11.4 Å². The summed E-state index contributed by atoms with van der Waals surface area (Å²) in [7, 11) is 3.77. The van der Waals surface area contributed by atoms with Crippen molar-refractivity contribution in [2.45, 2.75) is 12.8 Å². The van der Waals surface area contributed by atoms with E-state index in [4.69, 9.17) is 9.47 Å². The maximum atomic E-state index is 12.4. The molecule has 1 heterocycles. The van der Waals surface area contributed by atoms with Gasteiger partial charge in [-0.3, -0.25) is 4.79 Å². The number of hydrogen-bond acceptors (Lipinski definition) is 5. The largest absolute Gasteiger partial charge is 0.497 e. The van der Waals surface area contributed by atoms with Crippen molar-refractivity contribution in [2.24, 2.45) is 0 Å². The molecule has 1 saturated heterocycles. The second-order valence-electron chi connectivity index (χ2n) is 6.98. The van der Waals surface area contributed by atoms with Gasteiger partial charge in [-0.15, -0.1) is 0 Å². The molecule has 1 aliphatic rings. The van der Waals surface area contributed by atoms with E-state index >= 15 is 0 Å². The van der Waals surface area contributed by atoms with Crippen LogP contribution in [0.15, 0.2) is 48.5 Å². The van der Waals surface area contributed by atoms with E-state index in [2.05, 4.69) is 28.2 Å². The van der Waals surface area contributed by atoms with Gasteiger partial charge in [0.2, 0.25) is 5.91 Å². The molecule has 0 saturated carbocycles. The van der Waals surface area contributed by atoms with E-state index < -0.39 is 0 Å². The molecule has 0 atom stereocenters. The Morgan fingerprint density at radius 1 is 1.00 bits per heavy atom. The van der Waals surface area contributed by atoms with Gasteiger partial charge in [0.15, 0.2) is 0 Å². The van der Waals surface area contributed by atoms with E-state index in [1.54, 1.807) is 7.11 Å². The minimum Gasteiger partial charge on any atom is -0.497 e. The van der Waals surface area contributed by atoms with Gasteiger partial charge < -0.3 is 24.6 Å². The Morgan fingerprint density at radius 2 is 1.68 bits per heavy atom. The molecule has 0 aliphatic carbocycles. The molecule has 6 nitrogen and oxygen atoms in total. The molecule has 0 radical (unpaired) electrons. The molecule has 1 aliphatic heterocycles. The van der Waals surface area contributed by atoms with Crippen LogP contribution in [-0.2, 0) is 4.79 Å². The summed E-state index contributed by atoms with van der Waals surface area (Å²) in [4.78, 5) is 17.0. The van der Waals surface area contributed by atoms with Crippen LogP contribution >= 0.6 is 0 Å². The summed E-state index contributed by atoms with van der Waals surface area (Å²) in [6, 6.07) is 15.5. The molecule has 6 heteroatoms. The van der Waals surface area contributed by atoms with Crippen molar-refractivity contribution in [2.75, 3.05) is 57.2 Å². The number of likely N-dealkylation sites (N-methyl/N-ethyl adjacent to an activating group) is 1. The second kappa shape index (κ2) is 9.99. The lowest BCUT2D eigenvalue weighted by Gasteiger charge is -2.35. The first kappa shape index (κ1) is 20.0. The standard InChI is InChI=1S/C22H29N3O3/c1-24-13-15-25(16-14-24)21-7-4-3-6-20(21)23-22(26)8-5-17-28-19-11-9-18(27-2)10-12-19/h3-4,6-7,9-12H,5,8,13-17H2,1-2H3,(H,23,26). The molecule has 0 bridgehead atoms. The Hall–Kier alpha value is -2.73. The Kier molecular flexibility index (Phi) is 7.14. The van der Waals surface area contributed by atoms with Crippen LogP contribution in [-0.4, -0.2) is 57.8 Å². The average molecular weight is 383 g/mol. The number of para-hydroxylation sites is 2. The number of carbonyl (C=O) groups is 1. The summed E-state index contributed by atoms with van der Waals surface area (Å²) in [5.74, 6) is 1.59. The zero-order valence-corrected chi connectivity index (χ0v) is 16.7. The molecule has 150 valence electrons. The number of benzene rings is 2. The highest BCUT2D eigenvalue weighted by Gasteiger charge is 2.17. The number of ether oxygens (including phenoxy) is 2. The van der Waals surface area contributed by atoms with Crippen LogP contribution < -0.4 is 19.7 Å². The van der Waals surface area contributed by atoms with Gasteiger partial charge in [0.05, 0.1) is 25.1 Å². The fourth-order valence-corrected chi connectivity index (χ4v) is 3.21. The van der Waals surface area contributed by atoms with Crippen LogP contribution in [0.2, 0.25) is 0 Å². The number of hydrogen-bond donors (Lipinski definition) is 1. The molecule has 2 aromatic carbocycles. The zero-order chi connectivity index (χ0) is 19.8. The van der Waals surface area contributed by atoms with Crippen LogP contribution in [0, 0.1) is 0 Å². The fraction of sp³-hybridized carbons (Fsp3) is 0.409. The summed E-state index contributed by atoms with van der Waals surface area (Å²) >= 11 is 0. The first-order valence-corrected chi connectivity index (χ1v) is 9.75. The van der Waals surface area contributed by atoms with E-state index in [0.717, 1.165) is 49.1 Å². The number of amides is 1. The number of piperazine rings is 1. The smallest absolute Gasteiger partial charge is 0.224 e. The minimum absolute atomic E-state index is 0.0138. The number of nitrogens with zero attached hydrogens (tertiary/aromatic N) is 2. The Labute approximate surface area is 167 Å². The molecule has 0 aromatic heterocycles. The highest BCUT2D eigenvalue weighted by molar-refractivity contribution is 5.94. The maximum absolute atomic E-state index is 12.4. The topological polar surface area (TPSA) is 54.0 Å². The Balaban J connectivity index is 1.45. The first-order valence-electron chi connectivity index (χ1n) is 9.75. The predicted octanol–water partition coefficient (Wildman–Crippen LogP) is 3.24. The first-order chi connectivity index (χ1) is 13.7. The zero-order valence-electron chi connectivity index (χ0n) is 16.7. The van der Waals surface area contributed by atoms with Crippen LogP contribution in [0.25, 0.3) is 0 Å². The van der Waals surface area contributed by atoms with Gasteiger partial charge in [-0.05, 0) is 49.9 Å². The van der Waals surface area contributed by atoms with Gasteiger partial charge >= 0.3 is 0 Å². The van der Waals surface area contributed by atoms with Gasteiger partial charge in [0.25, 0.3) is 0 Å². The summed E-state index contributed by atoms with van der Waals surface area (Å²) in [5.41, 5.74) is 1.98. The Bertz CT molecular complexity index is 756. The van der Waals surface area contributed by atoms with Crippen molar-refractivity contribution in [3.05, 3.63) is 48.5 Å². The third-order valence-corrected chi connectivity index (χ3v) is 4.90. The van der Waals surface area contributed by atoms with Crippen molar-refractivity contribution >= 4 is 17.3 Å². The summed E-state index contributed by atoms with van der Waals surface area (Å²) in [6.07, 6.45) is 1.09. The van der Waals surface area contributed by atoms with E-state index in [0.29, 0.717) is 19.4 Å². The maximum Gasteiger partial charge on any atom is 0.224 e. The number of nitrogens with one attached hydrogen (secondary N) is 1. The van der Waals surface area contributed by atoms with Crippen molar-refractivity contribution in [1.29, 1.82) is 0 Å². The van der Waals surface area contributed by atoms with Crippen molar-refractivity contribution in [1.82, 2.24) is 4.90 Å². The van der Waals surface area contributed by atoms with E-state index in [1.165, 1.54) is 0 Å². The number of rotatable bonds is 8. The molecule has 3 rings (SSSR count). The monoisotopic (exact) mass is 383 g/mol. The van der Waals surface area contributed by atoms with Crippen molar-refractivity contribution < 1.29 is 14.3 Å². The molecule has 0 spiro atoms.